The molecule has 1 fully saturated rings. The summed E-state index contributed by atoms with van der Waals surface area (Å²) in [6, 6.07) is 4.73. The van der Waals surface area contributed by atoms with Crippen molar-refractivity contribution in [2.45, 2.75) is 31.9 Å². The molecular formula is C15H17FN2O2S. The number of ether oxygens (including phenoxy) is 1. The average molecular weight is 308 g/mol. The second kappa shape index (κ2) is 4.96. The molecule has 1 aliphatic rings. The molecule has 1 aromatic carbocycles. The molecule has 2 heterocycles. The van der Waals surface area contributed by atoms with Crippen molar-refractivity contribution < 1.29 is 13.9 Å². The molecule has 1 aromatic heterocycles. The SMILES string of the molecule is CC1OCCC1(C)NC(=O)c1sc2cccc(F)c2c1N. The third-order valence-electron chi connectivity index (χ3n) is 4.19. The third-order valence-corrected chi connectivity index (χ3v) is 5.36. The molecule has 0 spiro atoms. The lowest BCUT2D eigenvalue weighted by Crippen LogP contribution is -2.50. The van der Waals surface area contributed by atoms with Gasteiger partial charge in [0.25, 0.3) is 5.91 Å². The van der Waals surface area contributed by atoms with E-state index in [1.165, 1.54) is 17.4 Å². The van der Waals surface area contributed by atoms with E-state index in [4.69, 9.17) is 10.5 Å². The van der Waals surface area contributed by atoms with Crippen LogP contribution in [0.4, 0.5) is 10.1 Å². The standard InChI is InChI=1S/C15H17FN2O2S/c1-8-15(2,6-7-20-8)18-14(19)13-12(17)11-9(16)4-3-5-10(11)21-13/h3-5,8H,6-7,17H2,1-2H3,(H,18,19). The Morgan fingerprint density at radius 2 is 2.33 bits per heavy atom. The van der Waals surface area contributed by atoms with Gasteiger partial charge in [-0.2, -0.15) is 0 Å². The molecule has 3 N–H and O–H groups in total. The molecule has 0 radical (unpaired) electrons. The van der Waals surface area contributed by atoms with E-state index in [1.807, 2.05) is 13.8 Å². The van der Waals surface area contributed by atoms with Gasteiger partial charge in [-0.3, -0.25) is 4.79 Å². The highest BCUT2D eigenvalue weighted by Crippen LogP contribution is 2.36. The molecule has 0 bridgehead atoms. The molecule has 2 atom stereocenters. The number of nitrogens with one attached hydrogen (secondary N) is 1. The van der Waals surface area contributed by atoms with E-state index in [2.05, 4.69) is 5.32 Å². The minimum atomic E-state index is -0.418. The first-order valence-corrected chi connectivity index (χ1v) is 7.64. The van der Waals surface area contributed by atoms with Crippen LogP contribution in [0.25, 0.3) is 10.1 Å². The van der Waals surface area contributed by atoms with Crippen LogP contribution < -0.4 is 11.1 Å². The van der Waals surface area contributed by atoms with Crippen LogP contribution in [0.3, 0.4) is 0 Å². The Labute approximate surface area is 126 Å². The second-order valence-corrected chi connectivity index (χ2v) is 6.64. The molecule has 0 saturated carbocycles. The van der Waals surface area contributed by atoms with Crippen LogP contribution in [-0.2, 0) is 4.74 Å². The van der Waals surface area contributed by atoms with Crippen molar-refractivity contribution >= 4 is 33.0 Å². The number of rotatable bonds is 2. The number of amides is 1. The number of halogens is 1. The molecule has 112 valence electrons. The van der Waals surface area contributed by atoms with Crippen LogP contribution in [0.2, 0.25) is 0 Å². The summed E-state index contributed by atoms with van der Waals surface area (Å²) in [6.07, 6.45) is 0.688. The van der Waals surface area contributed by atoms with E-state index >= 15 is 0 Å². The zero-order valence-corrected chi connectivity index (χ0v) is 12.7. The molecular weight excluding hydrogens is 291 g/mol. The topological polar surface area (TPSA) is 64.3 Å². The van der Waals surface area contributed by atoms with E-state index in [9.17, 15) is 9.18 Å². The fourth-order valence-corrected chi connectivity index (χ4v) is 3.64. The summed E-state index contributed by atoms with van der Waals surface area (Å²) in [7, 11) is 0. The Bertz CT molecular complexity index is 715. The predicted molar refractivity (Wildman–Crippen MR) is 82.1 cm³/mol. The molecule has 2 unspecified atom stereocenters. The summed E-state index contributed by atoms with van der Waals surface area (Å²) in [5, 5.41) is 3.31. The number of carbonyl (C=O) groups excluding carboxylic acids is 1. The van der Waals surface area contributed by atoms with Crippen molar-refractivity contribution in [1.29, 1.82) is 0 Å². The Morgan fingerprint density at radius 1 is 1.57 bits per heavy atom. The highest BCUT2D eigenvalue weighted by atomic mass is 32.1. The normalized spacial score (nSPS) is 25.4. The van der Waals surface area contributed by atoms with E-state index in [0.29, 0.717) is 21.6 Å². The molecule has 6 heteroatoms. The van der Waals surface area contributed by atoms with Crippen LogP contribution in [0.1, 0.15) is 29.9 Å². The maximum absolute atomic E-state index is 13.8. The number of thiophene rings is 1. The van der Waals surface area contributed by atoms with Gasteiger partial charge in [0, 0.05) is 11.3 Å². The van der Waals surface area contributed by atoms with Crippen molar-refractivity contribution in [1.82, 2.24) is 5.32 Å². The summed E-state index contributed by atoms with van der Waals surface area (Å²) < 4.78 is 20.0. The smallest absolute Gasteiger partial charge is 0.264 e. The van der Waals surface area contributed by atoms with Crippen molar-refractivity contribution in [3.8, 4) is 0 Å². The van der Waals surface area contributed by atoms with E-state index in [1.54, 1.807) is 12.1 Å². The van der Waals surface area contributed by atoms with Crippen LogP contribution in [0.5, 0.6) is 0 Å². The Kier molecular flexibility index (Phi) is 3.37. The van der Waals surface area contributed by atoms with Gasteiger partial charge >= 0.3 is 0 Å². The first-order chi connectivity index (χ1) is 9.92. The highest BCUT2D eigenvalue weighted by Gasteiger charge is 2.39. The fourth-order valence-electron chi connectivity index (χ4n) is 2.61. The summed E-state index contributed by atoms with van der Waals surface area (Å²) in [5.41, 5.74) is 5.76. The van der Waals surface area contributed by atoms with E-state index in [-0.39, 0.29) is 17.7 Å². The quantitative estimate of drug-likeness (QED) is 0.896. The molecule has 4 nitrogen and oxygen atoms in total. The first kappa shape index (κ1) is 14.3. The van der Waals surface area contributed by atoms with Crippen LogP contribution in [0, 0.1) is 5.82 Å². The molecule has 1 saturated heterocycles. The van der Waals surface area contributed by atoms with Gasteiger partial charge in [-0.1, -0.05) is 6.07 Å². The lowest BCUT2D eigenvalue weighted by molar-refractivity contribution is 0.0731. The molecule has 21 heavy (non-hydrogen) atoms. The number of hydrogen-bond donors (Lipinski definition) is 2. The molecule has 0 aliphatic carbocycles. The lowest BCUT2D eigenvalue weighted by atomic mass is 9.94. The zero-order chi connectivity index (χ0) is 15.2. The summed E-state index contributed by atoms with van der Waals surface area (Å²) >= 11 is 1.21. The van der Waals surface area contributed by atoms with Gasteiger partial charge < -0.3 is 15.8 Å². The average Bonchev–Trinajstić information content (AvgIpc) is 2.92. The monoisotopic (exact) mass is 308 g/mol. The second-order valence-electron chi connectivity index (χ2n) is 5.59. The van der Waals surface area contributed by atoms with Crippen LogP contribution in [0.15, 0.2) is 18.2 Å². The number of hydrogen-bond acceptors (Lipinski definition) is 4. The summed E-state index contributed by atoms with van der Waals surface area (Å²) in [6.45, 7) is 4.50. The lowest BCUT2D eigenvalue weighted by Gasteiger charge is -2.28. The van der Waals surface area contributed by atoms with Crippen molar-refractivity contribution in [2.24, 2.45) is 0 Å². The number of nitrogen functional groups attached to an aromatic ring is 1. The number of benzene rings is 1. The fraction of sp³-hybridized carbons (Fsp3) is 0.400. The predicted octanol–water partition coefficient (Wildman–Crippen LogP) is 2.92. The zero-order valence-electron chi connectivity index (χ0n) is 11.9. The van der Waals surface area contributed by atoms with Crippen LogP contribution in [-0.4, -0.2) is 24.2 Å². The van der Waals surface area contributed by atoms with Crippen molar-refractivity contribution in [3.05, 3.63) is 28.9 Å². The minimum Gasteiger partial charge on any atom is -0.397 e. The van der Waals surface area contributed by atoms with Crippen molar-refractivity contribution in [2.75, 3.05) is 12.3 Å². The van der Waals surface area contributed by atoms with Gasteiger partial charge in [-0.25, -0.2) is 4.39 Å². The van der Waals surface area contributed by atoms with Gasteiger partial charge in [0.1, 0.15) is 10.7 Å². The molecule has 1 amide bonds. The maximum atomic E-state index is 13.8. The van der Waals surface area contributed by atoms with E-state index < -0.39 is 11.4 Å². The Morgan fingerprint density at radius 3 is 2.95 bits per heavy atom. The Hall–Kier alpha value is -1.66. The van der Waals surface area contributed by atoms with Crippen LogP contribution >= 0.6 is 11.3 Å². The molecule has 1 aliphatic heterocycles. The Balaban J connectivity index is 1.95. The summed E-state index contributed by atoms with van der Waals surface area (Å²) in [5.74, 6) is -0.669. The number of fused-ring (bicyclic) bond motifs is 1. The van der Waals surface area contributed by atoms with Gasteiger partial charge in [0.2, 0.25) is 0 Å². The van der Waals surface area contributed by atoms with Gasteiger partial charge in [-0.05, 0) is 32.4 Å². The number of nitrogens with two attached hydrogens (primary N) is 1. The van der Waals surface area contributed by atoms with Crippen molar-refractivity contribution in [3.63, 3.8) is 0 Å². The van der Waals surface area contributed by atoms with Gasteiger partial charge in [-0.15, -0.1) is 11.3 Å². The van der Waals surface area contributed by atoms with Gasteiger partial charge in [0.15, 0.2) is 0 Å². The first-order valence-electron chi connectivity index (χ1n) is 6.83. The minimum absolute atomic E-state index is 0.0613. The highest BCUT2D eigenvalue weighted by molar-refractivity contribution is 7.21. The largest absolute Gasteiger partial charge is 0.397 e. The summed E-state index contributed by atoms with van der Waals surface area (Å²) in [4.78, 5) is 12.9. The number of anilines is 1. The van der Waals surface area contributed by atoms with E-state index in [0.717, 1.165) is 6.42 Å². The van der Waals surface area contributed by atoms with Gasteiger partial charge in [0.05, 0.1) is 22.7 Å². The molecule has 2 aromatic rings. The molecule has 3 rings (SSSR count). The number of carbonyl (C=O) groups is 1. The third kappa shape index (κ3) is 2.28. The maximum Gasteiger partial charge on any atom is 0.264 e.